The standard InChI is InChI=1S/CH3.Al.H3O4P.2H/c;;1-5(2,3)4;;/h1H3;;(H3,1,2,3,4);;. The Hall–Kier alpha value is 0.642. The molecule has 0 bridgehead atoms. The van der Waals surface area contributed by atoms with Gasteiger partial charge in [0.2, 0.25) is 16.3 Å². The van der Waals surface area contributed by atoms with Gasteiger partial charge in [-0.3, -0.25) is 0 Å². The average molecular weight is 142 g/mol. The first-order valence-corrected chi connectivity index (χ1v) is 5.35. The molecule has 0 unspecified atom stereocenters. The summed E-state index contributed by atoms with van der Waals surface area (Å²) >= 11 is 1.31. The van der Waals surface area contributed by atoms with Gasteiger partial charge in [-0.15, -0.1) is 5.79 Å². The summed E-state index contributed by atoms with van der Waals surface area (Å²) in [5, 5.41) is 0. The first-order valence-electron chi connectivity index (χ1n) is 1.78. The van der Waals surface area contributed by atoms with Crippen LogP contribution in [0.15, 0.2) is 0 Å². The van der Waals surface area contributed by atoms with E-state index in [-0.39, 0.29) is 0 Å². The van der Waals surface area contributed by atoms with Crippen LogP contribution in [0.4, 0.5) is 0 Å². The molecular formula is CH8AlO4P. The lowest BCUT2D eigenvalue weighted by molar-refractivity contribution is 0.275. The van der Waals surface area contributed by atoms with Crippen LogP contribution in [0.25, 0.3) is 0 Å². The van der Waals surface area contributed by atoms with Gasteiger partial charge in [-0.25, -0.2) is 4.57 Å². The molecule has 0 aliphatic heterocycles. The van der Waals surface area contributed by atoms with E-state index in [0.29, 0.717) is 0 Å². The Morgan fingerprint density at radius 1 is 1.29 bits per heavy atom. The molecule has 44 valence electrons. The molecule has 0 aliphatic rings. The fourth-order valence-electron chi connectivity index (χ4n) is 0. The summed E-state index contributed by atoms with van der Waals surface area (Å²) in [6.07, 6.45) is 0. The van der Waals surface area contributed by atoms with Crippen LogP contribution in [-0.2, 0) is 4.57 Å². The van der Waals surface area contributed by atoms with Crippen LogP contribution in [0.5, 0.6) is 0 Å². The second-order valence-electron chi connectivity index (χ2n) is 0.513. The highest BCUT2D eigenvalue weighted by atomic mass is 31.2. The summed E-state index contributed by atoms with van der Waals surface area (Å²) in [6, 6.07) is 0. The van der Waals surface area contributed by atoms with E-state index in [1.165, 1.54) is 16.3 Å². The molecule has 0 aromatic rings. The summed E-state index contributed by atoms with van der Waals surface area (Å²) in [5.74, 6) is 2.14. The predicted octanol–water partition coefficient (Wildman–Crippen LogP) is -1.26. The van der Waals surface area contributed by atoms with Crippen molar-refractivity contribution < 1.29 is 19.2 Å². The molecule has 0 radical (unpaired) electrons. The van der Waals surface area contributed by atoms with Crippen molar-refractivity contribution in [3.05, 3.63) is 0 Å². The number of phosphoric acid groups is 1. The zero-order valence-corrected chi connectivity index (χ0v) is 7.09. The highest BCUT2D eigenvalue weighted by Crippen LogP contribution is 2.25. The normalized spacial score (nSPS) is 9.14. The zero-order chi connectivity index (χ0) is 6.50. The molecule has 0 spiro atoms. The minimum Gasteiger partial charge on any atom is -0.303 e. The van der Waals surface area contributed by atoms with E-state index in [2.05, 4.69) is 5.79 Å². The fraction of sp³-hybridized carbons (Fsp3) is 1.00. The lowest BCUT2D eigenvalue weighted by atomic mass is 11.9. The maximum absolute atomic E-state index is 8.88. The summed E-state index contributed by atoms with van der Waals surface area (Å²) < 4.78 is 8.88. The maximum atomic E-state index is 8.88. The number of rotatable bonds is 0. The Balaban J connectivity index is 0. The molecule has 0 amide bonds. The van der Waals surface area contributed by atoms with Gasteiger partial charge in [0.15, 0.2) is 0 Å². The molecule has 0 atom stereocenters. The average Bonchev–Trinajstić information content (AvgIpc) is 1.36. The van der Waals surface area contributed by atoms with E-state index in [0.717, 1.165) is 0 Å². The minimum absolute atomic E-state index is 1.31. The summed E-state index contributed by atoms with van der Waals surface area (Å²) in [5.41, 5.74) is 0. The van der Waals surface area contributed by atoms with Gasteiger partial charge in [0.05, 0.1) is 0 Å². The number of hydrogen-bond acceptors (Lipinski definition) is 1. The highest BCUT2D eigenvalue weighted by Gasteiger charge is 2.00. The Labute approximate surface area is 49.8 Å². The lowest BCUT2D eigenvalue weighted by Crippen LogP contribution is -1.66. The molecular weight excluding hydrogens is 134 g/mol. The van der Waals surface area contributed by atoms with Gasteiger partial charge in [-0.1, -0.05) is 0 Å². The number of hydrogen-bond donors (Lipinski definition) is 3. The third kappa shape index (κ3) is 347. The van der Waals surface area contributed by atoms with Gasteiger partial charge >= 0.3 is 7.82 Å². The van der Waals surface area contributed by atoms with Gasteiger partial charge in [-0.05, 0) is 0 Å². The van der Waals surface area contributed by atoms with E-state index in [1.807, 2.05) is 0 Å². The van der Waals surface area contributed by atoms with Crippen LogP contribution in [0.3, 0.4) is 0 Å². The van der Waals surface area contributed by atoms with E-state index < -0.39 is 7.82 Å². The van der Waals surface area contributed by atoms with Gasteiger partial charge in [-0.2, -0.15) is 0 Å². The fourth-order valence-corrected chi connectivity index (χ4v) is 0. The molecule has 0 fully saturated rings. The van der Waals surface area contributed by atoms with Crippen LogP contribution in [0, 0.1) is 0 Å². The Bertz CT molecular complexity index is 57.8. The molecule has 0 saturated carbocycles. The second kappa shape index (κ2) is 4.79. The molecule has 4 nitrogen and oxygen atoms in total. The van der Waals surface area contributed by atoms with Crippen molar-refractivity contribution in [1.82, 2.24) is 0 Å². The smallest absolute Gasteiger partial charge is 0.303 e. The first kappa shape index (κ1) is 10.6. The molecule has 3 N–H and O–H groups in total. The Kier molecular flexibility index (Phi) is 7.25. The van der Waals surface area contributed by atoms with Crippen LogP contribution in [-0.4, -0.2) is 31.0 Å². The molecule has 6 heteroatoms. The van der Waals surface area contributed by atoms with Crippen molar-refractivity contribution in [1.29, 1.82) is 0 Å². The van der Waals surface area contributed by atoms with Crippen molar-refractivity contribution in [2.24, 2.45) is 0 Å². The summed E-state index contributed by atoms with van der Waals surface area (Å²) in [4.78, 5) is 21.6. The van der Waals surface area contributed by atoms with Crippen molar-refractivity contribution in [3.63, 3.8) is 0 Å². The topological polar surface area (TPSA) is 77.8 Å². The van der Waals surface area contributed by atoms with Crippen LogP contribution < -0.4 is 0 Å². The molecule has 7 heavy (non-hydrogen) atoms. The van der Waals surface area contributed by atoms with Crippen molar-refractivity contribution in [2.45, 2.75) is 5.79 Å². The molecule has 0 saturated heterocycles. The largest absolute Gasteiger partial charge is 0.466 e. The minimum atomic E-state index is -4.64. The summed E-state index contributed by atoms with van der Waals surface area (Å²) in [6.45, 7) is 0. The quantitative estimate of drug-likeness (QED) is 0.291. The van der Waals surface area contributed by atoms with Gasteiger partial charge in [0.1, 0.15) is 0 Å². The summed E-state index contributed by atoms with van der Waals surface area (Å²) in [7, 11) is -4.64. The maximum Gasteiger partial charge on any atom is 0.466 e. The van der Waals surface area contributed by atoms with E-state index >= 15 is 0 Å². The molecule has 0 rings (SSSR count). The second-order valence-corrected chi connectivity index (χ2v) is 1.54. The Morgan fingerprint density at radius 2 is 1.29 bits per heavy atom. The molecule has 0 aliphatic carbocycles. The van der Waals surface area contributed by atoms with Crippen molar-refractivity contribution in [3.8, 4) is 0 Å². The Morgan fingerprint density at radius 3 is 1.29 bits per heavy atom. The highest BCUT2D eigenvalue weighted by molar-refractivity contribution is 7.45. The molecule has 0 aromatic carbocycles. The van der Waals surface area contributed by atoms with E-state index in [9.17, 15) is 0 Å². The van der Waals surface area contributed by atoms with E-state index in [4.69, 9.17) is 19.2 Å². The third-order valence-corrected chi connectivity index (χ3v) is 0. The van der Waals surface area contributed by atoms with Crippen LogP contribution in [0.1, 0.15) is 0 Å². The van der Waals surface area contributed by atoms with Crippen molar-refractivity contribution in [2.75, 3.05) is 0 Å². The SMILES string of the molecule is O=P(O)(O)O.[CH3][AlH2]. The predicted molar refractivity (Wildman–Crippen MR) is 28.7 cm³/mol. The monoisotopic (exact) mass is 142 g/mol. The van der Waals surface area contributed by atoms with Crippen LogP contribution >= 0.6 is 7.82 Å². The third-order valence-electron chi connectivity index (χ3n) is 0. The zero-order valence-electron chi connectivity index (χ0n) is 4.20. The van der Waals surface area contributed by atoms with Gasteiger partial charge in [0.25, 0.3) is 0 Å². The van der Waals surface area contributed by atoms with Crippen LogP contribution in [0.2, 0.25) is 5.79 Å². The van der Waals surface area contributed by atoms with Crippen molar-refractivity contribution >= 4 is 24.1 Å². The lowest BCUT2D eigenvalue weighted by Gasteiger charge is -1.82. The van der Waals surface area contributed by atoms with Gasteiger partial charge < -0.3 is 14.7 Å². The van der Waals surface area contributed by atoms with Gasteiger partial charge in [0, 0.05) is 0 Å². The first-order chi connectivity index (χ1) is 3.00. The molecule has 0 heterocycles. The van der Waals surface area contributed by atoms with E-state index in [1.54, 1.807) is 0 Å². The molecule has 0 aromatic heterocycles.